The number of carbonyl (C=O) groups is 1. The van der Waals surface area contributed by atoms with E-state index < -0.39 is 5.82 Å². The van der Waals surface area contributed by atoms with Gasteiger partial charge in [0.25, 0.3) is 5.91 Å². The van der Waals surface area contributed by atoms with E-state index in [-0.39, 0.29) is 11.9 Å². The molecule has 1 aromatic carbocycles. The van der Waals surface area contributed by atoms with Crippen LogP contribution in [0.5, 0.6) is 0 Å². The molecule has 0 aliphatic heterocycles. The molecule has 2 nitrogen and oxygen atoms in total. The van der Waals surface area contributed by atoms with Crippen LogP contribution < -0.4 is 0 Å². The van der Waals surface area contributed by atoms with E-state index in [2.05, 4.69) is 15.9 Å². The third-order valence-electron chi connectivity index (χ3n) is 3.26. The quantitative estimate of drug-likeness (QED) is 0.767. The second kappa shape index (κ2) is 6.02. The van der Waals surface area contributed by atoms with Gasteiger partial charge in [-0.3, -0.25) is 4.79 Å². The van der Waals surface area contributed by atoms with Gasteiger partial charge in [-0.05, 0) is 53.4 Å². The van der Waals surface area contributed by atoms with Gasteiger partial charge in [0.05, 0.1) is 5.56 Å². The van der Waals surface area contributed by atoms with Crippen molar-refractivity contribution >= 4 is 33.4 Å². The van der Waals surface area contributed by atoms with Crippen molar-refractivity contribution in [1.82, 2.24) is 4.90 Å². The van der Waals surface area contributed by atoms with Crippen LogP contribution in [-0.2, 0) is 0 Å². The number of benzene rings is 1. The minimum Gasteiger partial charge on any atom is -0.334 e. The number of nitrogens with zero attached hydrogens (tertiary/aromatic N) is 1. The lowest BCUT2D eigenvalue weighted by molar-refractivity contribution is 0.0596. The SMILES string of the molecule is O=C(c1cc(F)ccc1Br)N(CCCl)C1CCC1. The molecule has 1 aliphatic carbocycles. The summed E-state index contributed by atoms with van der Waals surface area (Å²) in [7, 11) is 0. The summed E-state index contributed by atoms with van der Waals surface area (Å²) in [4.78, 5) is 14.2. The molecule has 0 aromatic heterocycles. The second-order valence-corrected chi connectivity index (χ2v) is 5.63. The Hall–Kier alpha value is -0.610. The highest BCUT2D eigenvalue weighted by Crippen LogP contribution is 2.28. The Morgan fingerprint density at radius 1 is 1.50 bits per heavy atom. The third-order valence-corrected chi connectivity index (χ3v) is 4.12. The van der Waals surface area contributed by atoms with Crippen molar-refractivity contribution in [1.29, 1.82) is 0 Å². The van der Waals surface area contributed by atoms with Crippen LogP contribution in [0.2, 0.25) is 0 Å². The summed E-state index contributed by atoms with van der Waals surface area (Å²) in [6.07, 6.45) is 3.16. The maximum atomic E-state index is 13.2. The monoisotopic (exact) mass is 333 g/mol. The molecule has 0 N–H and O–H groups in total. The predicted octanol–water partition coefficient (Wildman–Crippen LogP) is 3.82. The molecular formula is C13H14BrClFNO. The molecule has 0 heterocycles. The molecule has 2 rings (SSSR count). The van der Waals surface area contributed by atoms with E-state index in [1.54, 1.807) is 11.0 Å². The van der Waals surface area contributed by atoms with Gasteiger partial charge in [-0.1, -0.05) is 0 Å². The Morgan fingerprint density at radius 2 is 2.22 bits per heavy atom. The van der Waals surface area contributed by atoms with Gasteiger partial charge in [-0.2, -0.15) is 0 Å². The van der Waals surface area contributed by atoms with Crippen molar-refractivity contribution < 1.29 is 9.18 Å². The highest BCUT2D eigenvalue weighted by Gasteiger charge is 2.29. The first-order valence-electron chi connectivity index (χ1n) is 5.95. The largest absolute Gasteiger partial charge is 0.334 e. The fourth-order valence-electron chi connectivity index (χ4n) is 2.06. The molecule has 18 heavy (non-hydrogen) atoms. The van der Waals surface area contributed by atoms with Gasteiger partial charge in [0.15, 0.2) is 0 Å². The van der Waals surface area contributed by atoms with Gasteiger partial charge in [0.1, 0.15) is 5.82 Å². The molecule has 0 unspecified atom stereocenters. The molecule has 1 aliphatic rings. The average molecular weight is 335 g/mol. The number of hydrogen-bond acceptors (Lipinski definition) is 1. The molecule has 0 atom stereocenters. The standard InChI is InChI=1S/C13H14BrClFNO/c14-12-5-4-9(16)8-11(12)13(18)17(7-6-15)10-2-1-3-10/h4-5,8,10H,1-3,6-7H2. The Bertz CT molecular complexity index is 451. The van der Waals surface area contributed by atoms with Crippen molar-refractivity contribution in [2.24, 2.45) is 0 Å². The molecule has 1 fully saturated rings. The molecule has 0 bridgehead atoms. The summed E-state index contributed by atoms with van der Waals surface area (Å²) >= 11 is 9.04. The maximum Gasteiger partial charge on any atom is 0.255 e. The number of halogens is 3. The van der Waals surface area contributed by atoms with Crippen molar-refractivity contribution in [3.8, 4) is 0 Å². The van der Waals surface area contributed by atoms with Crippen LogP contribution in [0.3, 0.4) is 0 Å². The topological polar surface area (TPSA) is 20.3 Å². The summed E-state index contributed by atoms with van der Waals surface area (Å²) in [6, 6.07) is 4.41. The van der Waals surface area contributed by atoms with Crippen LogP contribution in [0.25, 0.3) is 0 Å². The minimum absolute atomic E-state index is 0.147. The highest BCUT2D eigenvalue weighted by molar-refractivity contribution is 9.10. The summed E-state index contributed by atoms with van der Waals surface area (Å²) in [5, 5.41) is 0. The van der Waals surface area contributed by atoms with Gasteiger partial charge in [0, 0.05) is 22.9 Å². The molecule has 0 spiro atoms. The first-order valence-corrected chi connectivity index (χ1v) is 7.28. The van der Waals surface area contributed by atoms with Crippen LogP contribution in [0.1, 0.15) is 29.6 Å². The van der Waals surface area contributed by atoms with Gasteiger partial charge in [-0.25, -0.2) is 4.39 Å². The third kappa shape index (κ3) is 2.86. The van der Waals surface area contributed by atoms with Crippen molar-refractivity contribution in [3.05, 3.63) is 34.1 Å². The first-order chi connectivity index (χ1) is 8.63. The van der Waals surface area contributed by atoms with Crippen LogP contribution in [0.4, 0.5) is 4.39 Å². The Balaban J connectivity index is 2.23. The lowest BCUT2D eigenvalue weighted by Crippen LogP contribution is -2.45. The zero-order chi connectivity index (χ0) is 13.1. The fraction of sp³-hybridized carbons (Fsp3) is 0.462. The smallest absolute Gasteiger partial charge is 0.255 e. The molecule has 0 saturated heterocycles. The van der Waals surface area contributed by atoms with Gasteiger partial charge in [0.2, 0.25) is 0 Å². The van der Waals surface area contributed by atoms with Crippen LogP contribution in [-0.4, -0.2) is 29.3 Å². The second-order valence-electron chi connectivity index (χ2n) is 4.40. The van der Waals surface area contributed by atoms with Crippen molar-refractivity contribution in [2.75, 3.05) is 12.4 Å². The normalized spacial score (nSPS) is 15.3. The number of alkyl halides is 1. The molecule has 1 aromatic rings. The summed E-state index contributed by atoms with van der Waals surface area (Å²) in [6.45, 7) is 0.508. The van der Waals surface area contributed by atoms with E-state index in [9.17, 15) is 9.18 Å². The van der Waals surface area contributed by atoms with Gasteiger partial charge in [-0.15, -0.1) is 11.6 Å². The van der Waals surface area contributed by atoms with E-state index >= 15 is 0 Å². The maximum absolute atomic E-state index is 13.2. The highest BCUT2D eigenvalue weighted by atomic mass is 79.9. The Morgan fingerprint density at radius 3 is 2.78 bits per heavy atom. The predicted molar refractivity (Wildman–Crippen MR) is 73.5 cm³/mol. The van der Waals surface area contributed by atoms with Gasteiger partial charge >= 0.3 is 0 Å². The Kier molecular flexibility index (Phi) is 4.62. The van der Waals surface area contributed by atoms with Gasteiger partial charge < -0.3 is 4.90 Å². The van der Waals surface area contributed by atoms with Crippen LogP contribution in [0, 0.1) is 5.82 Å². The molecule has 98 valence electrons. The number of carbonyl (C=O) groups excluding carboxylic acids is 1. The number of hydrogen-bond donors (Lipinski definition) is 0. The van der Waals surface area contributed by atoms with Crippen molar-refractivity contribution in [3.63, 3.8) is 0 Å². The Labute approximate surface area is 119 Å². The van der Waals surface area contributed by atoms with Crippen molar-refractivity contribution in [2.45, 2.75) is 25.3 Å². The average Bonchev–Trinajstić information content (AvgIpc) is 2.28. The van der Waals surface area contributed by atoms with Crippen LogP contribution in [0.15, 0.2) is 22.7 Å². The van der Waals surface area contributed by atoms with E-state index in [4.69, 9.17) is 11.6 Å². The van der Waals surface area contributed by atoms with E-state index in [1.807, 2.05) is 0 Å². The molecule has 1 saturated carbocycles. The molecular weight excluding hydrogens is 321 g/mol. The molecule has 0 radical (unpaired) electrons. The van der Waals surface area contributed by atoms with E-state index in [0.717, 1.165) is 19.3 Å². The summed E-state index contributed by atoms with van der Waals surface area (Å²) in [5.74, 6) is -0.150. The number of rotatable bonds is 4. The fourth-order valence-corrected chi connectivity index (χ4v) is 2.65. The first kappa shape index (κ1) is 13.8. The lowest BCUT2D eigenvalue weighted by atomic mass is 9.91. The van der Waals surface area contributed by atoms with E-state index in [1.165, 1.54) is 12.1 Å². The van der Waals surface area contributed by atoms with Crippen LogP contribution >= 0.6 is 27.5 Å². The zero-order valence-corrected chi connectivity index (χ0v) is 12.2. The zero-order valence-electron chi connectivity index (χ0n) is 9.83. The number of amides is 1. The molecule has 1 amide bonds. The summed E-state index contributed by atoms with van der Waals surface area (Å²) in [5.41, 5.74) is 0.368. The minimum atomic E-state index is -0.402. The van der Waals surface area contributed by atoms with E-state index in [0.29, 0.717) is 22.5 Å². The lowest BCUT2D eigenvalue weighted by Gasteiger charge is -2.37. The molecule has 5 heteroatoms. The summed E-state index contributed by atoms with van der Waals surface area (Å²) < 4.78 is 13.9.